The lowest BCUT2D eigenvalue weighted by Crippen LogP contribution is -2.25. The minimum Gasteiger partial charge on any atom is -0.492 e. The van der Waals surface area contributed by atoms with Gasteiger partial charge in [-0.15, -0.1) is 0 Å². The van der Waals surface area contributed by atoms with Crippen LogP contribution in [0.15, 0.2) is 11.0 Å². The third-order valence-corrected chi connectivity index (χ3v) is 5.93. The summed E-state index contributed by atoms with van der Waals surface area (Å²) in [5, 5.41) is 9.32. The summed E-state index contributed by atoms with van der Waals surface area (Å²) in [6, 6.07) is 0.0337. The van der Waals surface area contributed by atoms with Gasteiger partial charge in [0.05, 0.1) is 23.7 Å². The van der Waals surface area contributed by atoms with Crippen LogP contribution in [0, 0.1) is 11.7 Å². The molecular formula is C20H25FN4O4. The van der Waals surface area contributed by atoms with Crippen LogP contribution in [-0.4, -0.2) is 42.4 Å². The van der Waals surface area contributed by atoms with Gasteiger partial charge in [-0.05, 0) is 38.1 Å². The summed E-state index contributed by atoms with van der Waals surface area (Å²) < 4.78 is 22.8. The van der Waals surface area contributed by atoms with Crippen molar-refractivity contribution in [3.63, 3.8) is 0 Å². The minimum atomic E-state index is -1.36. The van der Waals surface area contributed by atoms with Crippen molar-refractivity contribution in [2.75, 3.05) is 37.4 Å². The number of nitrogen functional groups attached to an aromatic ring is 1. The molecule has 0 radical (unpaired) electrons. The molecule has 1 aromatic carbocycles. The van der Waals surface area contributed by atoms with Gasteiger partial charge < -0.3 is 30.8 Å². The van der Waals surface area contributed by atoms with Gasteiger partial charge in [0.1, 0.15) is 11.3 Å². The summed E-state index contributed by atoms with van der Waals surface area (Å²) in [6.45, 7) is 1.82. The number of anilines is 2. The summed E-state index contributed by atoms with van der Waals surface area (Å²) in [7, 11) is 1.42. The number of benzene rings is 1. The van der Waals surface area contributed by atoms with Crippen molar-refractivity contribution in [1.29, 1.82) is 0 Å². The van der Waals surface area contributed by atoms with Crippen molar-refractivity contribution in [3.05, 3.63) is 27.8 Å². The summed E-state index contributed by atoms with van der Waals surface area (Å²) >= 11 is 0. The number of carboxylic acid groups (broad SMARTS) is 1. The molecule has 4 rings (SSSR count). The van der Waals surface area contributed by atoms with Crippen LogP contribution in [0.2, 0.25) is 0 Å². The number of methoxy groups -OCH3 is 1. The first-order valence-electron chi connectivity index (χ1n) is 9.81. The zero-order chi connectivity index (χ0) is 20.9. The molecular weight excluding hydrogens is 379 g/mol. The Balaban J connectivity index is 2.01. The number of halogens is 1. The number of pyridine rings is 1. The minimum absolute atomic E-state index is 0.0337. The van der Waals surface area contributed by atoms with E-state index in [0.717, 1.165) is 25.7 Å². The molecule has 5 N–H and O–H groups in total. The van der Waals surface area contributed by atoms with E-state index in [0.29, 0.717) is 31.1 Å². The van der Waals surface area contributed by atoms with Crippen molar-refractivity contribution in [1.82, 2.24) is 4.57 Å². The number of nitrogens with two attached hydrogens (primary N) is 2. The Morgan fingerprint density at radius 1 is 1.38 bits per heavy atom. The zero-order valence-corrected chi connectivity index (χ0v) is 16.3. The van der Waals surface area contributed by atoms with Gasteiger partial charge in [-0.2, -0.15) is 0 Å². The number of carboxylic acids is 1. The summed E-state index contributed by atoms with van der Waals surface area (Å²) in [6.07, 6.45) is 4.74. The van der Waals surface area contributed by atoms with Gasteiger partial charge in [-0.25, -0.2) is 9.18 Å². The highest BCUT2D eigenvalue weighted by molar-refractivity contribution is 6.03. The molecule has 1 aromatic heterocycles. The Morgan fingerprint density at radius 2 is 2.10 bits per heavy atom. The maximum Gasteiger partial charge on any atom is 0.341 e. The second-order valence-electron chi connectivity index (χ2n) is 7.83. The van der Waals surface area contributed by atoms with Crippen molar-refractivity contribution in [2.24, 2.45) is 11.7 Å². The maximum absolute atomic E-state index is 15.4. The molecule has 2 aliphatic rings. The van der Waals surface area contributed by atoms with E-state index in [1.54, 1.807) is 4.57 Å². The third-order valence-electron chi connectivity index (χ3n) is 5.93. The van der Waals surface area contributed by atoms with Gasteiger partial charge in [0.15, 0.2) is 11.6 Å². The number of hydrogen-bond acceptors (Lipinski definition) is 6. The number of aromatic carboxylic acids is 1. The van der Waals surface area contributed by atoms with E-state index in [9.17, 15) is 14.7 Å². The molecule has 1 aliphatic heterocycles. The van der Waals surface area contributed by atoms with E-state index in [1.807, 2.05) is 4.90 Å². The largest absolute Gasteiger partial charge is 0.492 e. The average molecular weight is 404 g/mol. The van der Waals surface area contributed by atoms with Crippen LogP contribution in [0.5, 0.6) is 5.75 Å². The smallest absolute Gasteiger partial charge is 0.341 e. The number of nitrogens with zero attached hydrogens (tertiary/aromatic N) is 2. The first kappa shape index (κ1) is 19.5. The van der Waals surface area contributed by atoms with E-state index >= 15 is 4.39 Å². The number of aromatic nitrogens is 1. The lowest BCUT2D eigenvalue weighted by Gasteiger charge is -2.26. The van der Waals surface area contributed by atoms with Gasteiger partial charge in [-0.3, -0.25) is 4.79 Å². The van der Waals surface area contributed by atoms with Crippen molar-refractivity contribution < 1.29 is 19.0 Å². The second kappa shape index (κ2) is 7.22. The predicted octanol–water partition coefficient (Wildman–Crippen LogP) is 1.94. The van der Waals surface area contributed by atoms with Crippen LogP contribution in [-0.2, 0) is 0 Å². The van der Waals surface area contributed by atoms with Crippen LogP contribution in [0.25, 0.3) is 10.9 Å². The van der Waals surface area contributed by atoms with Crippen molar-refractivity contribution in [3.8, 4) is 5.75 Å². The summed E-state index contributed by atoms with van der Waals surface area (Å²) in [5.41, 5.74) is 10.8. The molecule has 1 saturated heterocycles. The third kappa shape index (κ3) is 3.09. The molecule has 8 nitrogen and oxygen atoms in total. The molecule has 1 saturated carbocycles. The van der Waals surface area contributed by atoms with E-state index < -0.39 is 22.8 Å². The lowest BCUT2D eigenvalue weighted by atomic mass is 10.0. The number of hydrogen-bond donors (Lipinski definition) is 3. The molecule has 9 heteroatoms. The van der Waals surface area contributed by atoms with Crippen LogP contribution in [0.1, 0.15) is 42.1 Å². The number of rotatable bonds is 6. The molecule has 0 amide bonds. The molecule has 0 unspecified atom stereocenters. The Morgan fingerprint density at radius 3 is 2.69 bits per heavy atom. The van der Waals surface area contributed by atoms with Gasteiger partial charge in [-0.1, -0.05) is 0 Å². The highest BCUT2D eigenvalue weighted by Gasteiger charge is 2.34. The molecule has 2 aromatic rings. The SMILES string of the molecule is COc1c(N2CC[C@H](CCN)C2)c(F)c(N)c2c(=O)c(C(=O)O)cn(C3CC3)c12. The fraction of sp³-hybridized carbons (Fsp3) is 0.500. The van der Waals surface area contributed by atoms with Gasteiger partial charge >= 0.3 is 5.97 Å². The lowest BCUT2D eigenvalue weighted by molar-refractivity contribution is 0.0695. The molecule has 156 valence electrons. The normalized spacial score (nSPS) is 19.1. The zero-order valence-electron chi connectivity index (χ0n) is 16.3. The van der Waals surface area contributed by atoms with Crippen molar-refractivity contribution in [2.45, 2.75) is 31.7 Å². The highest BCUT2D eigenvalue weighted by Crippen LogP contribution is 2.46. The Bertz CT molecular complexity index is 1050. The van der Waals surface area contributed by atoms with Crippen LogP contribution in [0.4, 0.5) is 15.8 Å². The predicted molar refractivity (Wildman–Crippen MR) is 108 cm³/mol. The average Bonchev–Trinajstić information content (AvgIpc) is 3.43. The molecule has 0 spiro atoms. The highest BCUT2D eigenvalue weighted by atomic mass is 19.1. The molecule has 29 heavy (non-hydrogen) atoms. The van der Waals surface area contributed by atoms with Crippen LogP contribution < -0.4 is 26.5 Å². The number of fused-ring (bicyclic) bond motifs is 1. The topological polar surface area (TPSA) is 124 Å². The van der Waals surface area contributed by atoms with Gasteiger partial charge in [0, 0.05) is 25.3 Å². The Kier molecular flexibility index (Phi) is 4.85. The van der Waals surface area contributed by atoms with E-state index in [2.05, 4.69) is 0 Å². The van der Waals surface area contributed by atoms with Gasteiger partial charge in [0.2, 0.25) is 5.43 Å². The van der Waals surface area contributed by atoms with E-state index in [1.165, 1.54) is 13.3 Å². The van der Waals surface area contributed by atoms with E-state index in [4.69, 9.17) is 16.2 Å². The fourth-order valence-electron chi connectivity index (χ4n) is 4.34. The van der Waals surface area contributed by atoms with Crippen molar-refractivity contribution >= 4 is 28.2 Å². The maximum atomic E-state index is 15.4. The molecule has 2 heterocycles. The van der Waals surface area contributed by atoms with Crippen LogP contribution in [0.3, 0.4) is 0 Å². The number of ether oxygens (including phenoxy) is 1. The molecule has 1 atom stereocenters. The standard InChI is InChI=1S/C20H25FN4O4/c1-29-19-16-13(18(26)12(20(27)28)9-25(16)11-2-3-11)15(23)14(21)17(19)24-7-5-10(8-24)4-6-22/h9-11H,2-8,22-23H2,1H3,(H,27,28)/t10-/m0/s1. The first-order chi connectivity index (χ1) is 13.9. The number of carbonyl (C=O) groups is 1. The monoisotopic (exact) mass is 404 g/mol. The first-order valence-corrected chi connectivity index (χ1v) is 9.81. The van der Waals surface area contributed by atoms with Gasteiger partial charge in [0.25, 0.3) is 0 Å². The molecule has 2 fully saturated rings. The summed E-state index contributed by atoms with van der Waals surface area (Å²) in [5.74, 6) is -1.54. The van der Waals surface area contributed by atoms with E-state index in [-0.39, 0.29) is 28.6 Å². The Hall–Kier alpha value is -2.81. The summed E-state index contributed by atoms with van der Waals surface area (Å²) in [4.78, 5) is 26.3. The molecule has 0 bridgehead atoms. The fourth-order valence-corrected chi connectivity index (χ4v) is 4.34. The molecule has 1 aliphatic carbocycles. The second-order valence-corrected chi connectivity index (χ2v) is 7.83. The van der Waals surface area contributed by atoms with Crippen LogP contribution >= 0.6 is 0 Å². The quantitative estimate of drug-likeness (QED) is 0.629. The Labute approximate surface area is 166 Å².